The molecule has 2 heteroatoms. The van der Waals surface area contributed by atoms with Crippen molar-refractivity contribution in [3.05, 3.63) is 65.7 Å². The zero-order chi connectivity index (χ0) is 12.2. The van der Waals surface area contributed by atoms with Crippen molar-refractivity contribution in [2.75, 3.05) is 0 Å². The summed E-state index contributed by atoms with van der Waals surface area (Å²) in [5, 5.41) is 0. The van der Waals surface area contributed by atoms with Crippen LogP contribution in [0.25, 0.3) is 0 Å². The minimum Gasteiger partial charge on any atom is -0.293 e. The van der Waals surface area contributed by atoms with Crippen LogP contribution in [0.2, 0.25) is 0 Å². The number of rotatable bonds is 1. The number of hydrogen-bond donors (Lipinski definition) is 0. The molecule has 0 N–H and O–H groups in total. The summed E-state index contributed by atoms with van der Waals surface area (Å²) in [7, 11) is 0. The second-order valence-electron chi connectivity index (χ2n) is 4.98. The van der Waals surface area contributed by atoms with Gasteiger partial charge in [-0.25, -0.2) is 0 Å². The number of carbonyl (C=O) groups excluding carboxylic acids is 1. The van der Waals surface area contributed by atoms with Gasteiger partial charge in [0.2, 0.25) is 0 Å². The molecule has 1 fully saturated rings. The Morgan fingerprint density at radius 3 is 2.50 bits per heavy atom. The summed E-state index contributed by atoms with van der Waals surface area (Å²) in [6.45, 7) is 0. The van der Waals surface area contributed by atoms with Gasteiger partial charge >= 0.3 is 0 Å². The van der Waals surface area contributed by atoms with E-state index in [0.717, 1.165) is 16.9 Å². The summed E-state index contributed by atoms with van der Waals surface area (Å²) in [6, 6.07) is 18.4. The average molecular weight is 252 g/mol. The Hall–Kier alpha value is -1.54. The van der Waals surface area contributed by atoms with Gasteiger partial charge in [0.25, 0.3) is 0 Å². The Balaban J connectivity index is 1.73. The van der Waals surface area contributed by atoms with E-state index in [9.17, 15) is 4.79 Å². The van der Waals surface area contributed by atoms with E-state index in [4.69, 9.17) is 0 Å². The van der Waals surface area contributed by atoms with Gasteiger partial charge in [-0.15, -0.1) is 11.8 Å². The largest absolute Gasteiger partial charge is 0.293 e. The van der Waals surface area contributed by atoms with E-state index in [0.29, 0.717) is 11.7 Å². The van der Waals surface area contributed by atoms with E-state index < -0.39 is 0 Å². The highest BCUT2D eigenvalue weighted by Gasteiger charge is 2.64. The fourth-order valence-electron chi connectivity index (χ4n) is 2.89. The first-order valence-electron chi connectivity index (χ1n) is 6.19. The number of ketones is 1. The number of benzene rings is 2. The van der Waals surface area contributed by atoms with E-state index in [2.05, 4.69) is 30.3 Å². The zero-order valence-corrected chi connectivity index (χ0v) is 10.6. The van der Waals surface area contributed by atoms with Crippen LogP contribution in [0.3, 0.4) is 0 Å². The van der Waals surface area contributed by atoms with Crippen molar-refractivity contribution in [1.29, 1.82) is 0 Å². The van der Waals surface area contributed by atoms with Crippen LogP contribution in [-0.2, 0) is 0 Å². The quantitative estimate of drug-likeness (QED) is 0.765. The van der Waals surface area contributed by atoms with E-state index in [1.54, 1.807) is 11.8 Å². The first kappa shape index (κ1) is 10.4. The minimum atomic E-state index is -0.189. The molecule has 1 aliphatic carbocycles. The molecule has 2 aromatic rings. The molecule has 1 saturated carbocycles. The normalized spacial score (nSPS) is 28.4. The summed E-state index contributed by atoms with van der Waals surface area (Å²) >= 11 is 1.77. The molecule has 0 radical (unpaired) electrons. The van der Waals surface area contributed by atoms with Crippen molar-refractivity contribution in [2.45, 2.75) is 22.0 Å². The smallest absolute Gasteiger partial charge is 0.181 e. The first-order chi connectivity index (χ1) is 8.81. The van der Waals surface area contributed by atoms with Gasteiger partial charge in [-0.1, -0.05) is 48.5 Å². The lowest BCUT2D eigenvalue weighted by Crippen LogP contribution is -2.15. The highest BCUT2D eigenvalue weighted by atomic mass is 32.2. The lowest BCUT2D eigenvalue weighted by Gasteiger charge is -2.06. The van der Waals surface area contributed by atoms with Crippen LogP contribution in [-0.4, -0.2) is 10.5 Å². The third kappa shape index (κ3) is 1.27. The molecule has 1 spiro atoms. The highest BCUT2D eigenvalue weighted by Crippen LogP contribution is 2.67. The van der Waals surface area contributed by atoms with Crippen LogP contribution in [0.5, 0.6) is 0 Å². The zero-order valence-electron chi connectivity index (χ0n) is 9.80. The van der Waals surface area contributed by atoms with Crippen molar-refractivity contribution in [3.63, 3.8) is 0 Å². The molecule has 2 aromatic carbocycles. The van der Waals surface area contributed by atoms with Crippen molar-refractivity contribution < 1.29 is 4.79 Å². The molecule has 18 heavy (non-hydrogen) atoms. The van der Waals surface area contributed by atoms with Crippen LogP contribution >= 0.6 is 11.8 Å². The number of fused-ring (bicyclic) bond motifs is 1. The first-order valence-corrected chi connectivity index (χ1v) is 7.01. The third-order valence-corrected chi connectivity index (χ3v) is 5.50. The number of Topliss-reactive ketones (excluding diaryl/α,β-unsaturated/α-hetero) is 1. The second kappa shape index (κ2) is 3.48. The van der Waals surface area contributed by atoms with Gasteiger partial charge in [-0.3, -0.25) is 4.79 Å². The van der Waals surface area contributed by atoms with Crippen molar-refractivity contribution in [1.82, 2.24) is 0 Å². The minimum absolute atomic E-state index is 0.189. The number of carbonyl (C=O) groups is 1. The monoisotopic (exact) mass is 252 g/mol. The molecular weight excluding hydrogens is 240 g/mol. The van der Waals surface area contributed by atoms with E-state index in [-0.39, 0.29) is 4.75 Å². The summed E-state index contributed by atoms with van der Waals surface area (Å²) in [6.07, 6.45) is 0.981. The SMILES string of the molecule is O=C1c2ccccc2S[C@@]12C[C@@H]2c1ccccc1. The molecule has 88 valence electrons. The van der Waals surface area contributed by atoms with Gasteiger partial charge in [0.15, 0.2) is 5.78 Å². The maximum Gasteiger partial charge on any atom is 0.181 e. The molecule has 1 heterocycles. The predicted octanol–water partition coefficient (Wildman–Crippen LogP) is 3.90. The van der Waals surface area contributed by atoms with Gasteiger partial charge in [0.1, 0.15) is 0 Å². The summed E-state index contributed by atoms with van der Waals surface area (Å²) < 4.78 is -0.189. The van der Waals surface area contributed by atoms with Gasteiger partial charge < -0.3 is 0 Å². The molecular formula is C16H12OS. The van der Waals surface area contributed by atoms with Crippen LogP contribution < -0.4 is 0 Å². The van der Waals surface area contributed by atoms with Crippen LogP contribution in [0, 0.1) is 0 Å². The molecule has 1 nitrogen and oxygen atoms in total. The second-order valence-corrected chi connectivity index (χ2v) is 6.36. The number of hydrogen-bond acceptors (Lipinski definition) is 2. The van der Waals surface area contributed by atoms with Crippen LogP contribution in [0.15, 0.2) is 59.5 Å². The molecule has 0 bridgehead atoms. The van der Waals surface area contributed by atoms with Gasteiger partial charge in [0.05, 0.1) is 4.75 Å². The fourth-order valence-corrected chi connectivity index (χ4v) is 4.43. The van der Waals surface area contributed by atoms with Crippen molar-refractivity contribution in [3.8, 4) is 0 Å². The Morgan fingerprint density at radius 1 is 1.00 bits per heavy atom. The van der Waals surface area contributed by atoms with Gasteiger partial charge in [-0.2, -0.15) is 0 Å². The Morgan fingerprint density at radius 2 is 1.72 bits per heavy atom. The Bertz CT molecular complexity index is 635. The van der Waals surface area contributed by atoms with E-state index >= 15 is 0 Å². The molecule has 4 rings (SSSR count). The average Bonchev–Trinajstić information content (AvgIpc) is 3.08. The fraction of sp³-hybridized carbons (Fsp3) is 0.188. The van der Waals surface area contributed by atoms with E-state index in [1.807, 2.05) is 24.3 Å². The standard InChI is InChI=1S/C16H12OS/c17-15-12-8-4-5-9-14(12)18-16(15)10-13(16)11-6-2-1-3-7-11/h1-9,13H,10H2/t13-,16-/m1/s1. The molecule has 2 aliphatic rings. The summed E-state index contributed by atoms with van der Waals surface area (Å²) in [5.74, 6) is 0.723. The Labute approximate surface area is 110 Å². The van der Waals surface area contributed by atoms with Crippen molar-refractivity contribution in [2.24, 2.45) is 0 Å². The Kier molecular flexibility index (Phi) is 2.01. The predicted molar refractivity (Wildman–Crippen MR) is 73.2 cm³/mol. The molecule has 1 aliphatic heterocycles. The van der Waals surface area contributed by atoms with Gasteiger partial charge in [-0.05, 0) is 18.1 Å². The third-order valence-electron chi connectivity index (χ3n) is 3.92. The van der Waals surface area contributed by atoms with Crippen LogP contribution in [0.4, 0.5) is 0 Å². The van der Waals surface area contributed by atoms with Crippen LogP contribution in [0.1, 0.15) is 28.3 Å². The molecule has 0 unspecified atom stereocenters. The summed E-state index contributed by atoms with van der Waals surface area (Å²) in [5.41, 5.74) is 2.21. The molecule has 0 aromatic heterocycles. The number of thioether (sulfide) groups is 1. The molecule has 0 amide bonds. The molecule has 0 saturated heterocycles. The lowest BCUT2D eigenvalue weighted by molar-refractivity contribution is 0.0981. The van der Waals surface area contributed by atoms with Gasteiger partial charge in [0, 0.05) is 16.4 Å². The lowest BCUT2D eigenvalue weighted by atomic mass is 10.0. The molecule has 2 atom stereocenters. The van der Waals surface area contributed by atoms with E-state index in [1.165, 1.54) is 5.56 Å². The summed E-state index contributed by atoms with van der Waals surface area (Å²) in [4.78, 5) is 13.7. The highest BCUT2D eigenvalue weighted by molar-refractivity contribution is 8.02. The topological polar surface area (TPSA) is 17.1 Å². The maximum atomic E-state index is 12.5. The van der Waals surface area contributed by atoms with Crippen molar-refractivity contribution >= 4 is 17.5 Å². The maximum absolute atomic E-state index is 12.5.